The molecule has 42 heavy (non-hydrogen) atoms. The van der Waals surface area contributed by atoms with Gasteiger partial charge in [0.25, 0.3) is 0 Å². The Labute approximate surface area is 246 Å². The van der Waals surface area contributed by atoms with E-state index in [1.54, 1.807) is 72.8 Å². The smallest absolute Gasteiger partial charge is 0.336 e. The highest BCUT2D eigenvalue weighted by Crippen LogP contribution is 2.45. The number of nitrogens with zero attached hydrogens (tertiary/aromatic N) is 1. The van der Waals surface area contributed by atoms with Crippen LogP contribution in [0.5, 0.6) is 23.0 Å². The zero-order chi connectivity index (χ0) is 29.6. The molecule has 1 aliphatic rings. The minimum atomic E-state index is -0.612. The highest BCUT2D eigenvalue weighted by Gasteiger charge is 2.31. The van der Waals surface area contributed by atoms with E-state index in [2.05, 4.69) is 6.07 Å². The monoisotopic (exact) mass is 582 g/mol. The lowest BCUT2D eigenvalue weighted by atomic mass is 9.83. The molecule has 0 fully saturated rings. The Kier molecular flexibility index (Phi) is 8.42. The van der Waals surface area contributed by atoms with Crippen molar-refractivity contribution in [1.29, 1.82) is 5.26 Å². The fourth-order valence-electron chi connectivity index (χ4n) is 4.51. The molecule has 0 saturated carbocycles. The number of esters is 1. The first-order valence-corrected chi connectivity index (χ1v) is 13.2. The average Bonchev–Trinajstić information content (AvgIpc) is 2.99. The van der Waals surface area contributed by atoms with Gasteiger partial charge < -0.3 is 24.7 Å². The Morgan fingerprint density at radius 1 is 1.07 bits per heavy atom. The number of nitriles is 1. The average molecular weight is 583 g/mol. The maximum absolute atomic E-state index is 14.1. The maximum atomic E-state index is 14.1. The Balaban J connectivity index is 1.40. The van der Waals surface area contributed by atoms with Gasteiger partial charge in [0.1, 0.15) is 35.6 Å². The molecular formula is C33H24ClFN2O5. The van der Waals surface area contributed by atoms with Crippen molar-refractivity contribution in [2.24, 2.45) is 5.73 Å². The van der Waals surface area contributed by atoms with Gasteiger partial charge in [0.2, 0.25) is 5.88 Å². The van der Waals surface area contributed by atoms with E-state index in [1.165, 1.54) is 25.3 Å². The number of fused-ring (bicyclic) bond motifs is 1. The summed E-state index contributed by atoms with van der Waals surface area (Å²) in [6.45, 7) is 0.00779. The molecule has 0 amide bonds. The number of methoxy groups -OCH3 is 1. The molecule has 4 aromatic carbocycles. The summed E-state index contributed by atoms with van der Waals surface area (Å²) < 4.78 is 36.7. The first-order chi connectivity index (χ1) is 20.4. The van der Waals surface area contributed by atoms with E-state index in [9.17, 15) is 14.4 Å². The van der Waals surface area contributed by atoms with Crippen LogP contribution in [-0.2, 0) is 11.4 Å². The molecule has 5 rings (SSSR count). The number of rotatable bonds is 8. The number of carbonyl (C=O) groups is 1. The van der Waals surface area contributed by atoms with Gasteiger partial charge in [-0.2, -0.15) is 5.26 Å². The number of nitrogens with two attached hydrogens (primary N) is 1. The van der Waals surface area contributed by atoms with Crippen LogP contribution >= 0.6 is 11.6 Å². The molecule has 0 spiro atoms. The highest BCUT2D eigenvalue weighted by atomic mass is 35.5. The maximum Gasteiger partial charge on any atom is 0.336 e. The van der Waals surface area contributed by atoms with Gasteiger partial charge in [-0.05, 0) is 47.5 Å². The minimum Gasteiger partial charge on any atom is -0.493 e. The highest BCUT2D eigenvalue weighted by molar-refractivity contribution is 6.32. The molecule has 4 aromatic rings. The quantitative estimate of drug-likeness (QED) is 0.137. The number of allylic oxidation sites excluding steroid dienone is 1. The topological polar surface area (TPSA) is 104 Å². The third-order valence-corrected chi connectivity index (χ3v) is 6.92. The normalized spacial score (nSPS) is 14.1. The molecule has 0 aliphatic carbocycles. The van der Waals surface area contributed by atoms with Crippen LogP contribution in [0.4, 0.5) is 4.39 Å². The lowest BCUT2D eigenvalue weighted by Gasteiger charge is -2.27. The zero-order valence-electron chi connectivity index (χ0n) is 22.3. The zero-order valence-corrected chi connectivity index (χ0v) is 23.1. The molecule has 1 heterocycles. The Hall–Kier alpha value is -5.26. The van der Waals surface area contributed by atoms with E-state index < -0.39 is 11.9 Å². The summed E-state index contributed by atoms with van der Waals surface area (Å²) in [6.07, 6.45) is 2.83. The van der Waals surface area contributed by atoms with Crippen molar-refractivity contribution in [3.05, 3.63) is 136 Å². The number of ether oxygens (including phenoxy) is 4. The SMILES string of the molecule is COc1cc(C2C(C#N)=C(N)Oc3cc(OC(=O)/C=C/c4ccccc4Cl)ccc32)ccc1OCc1ccccc1F. The fourth-order valence-corrected chi connectivity index (χ4v) is 4.71. The second kappa shape index (κ2) is 12.5. The Morgan fingerprint density at radius 2 is 1.86 bits per heavy atom. The molecule has 7 nitrogen and oxygen atoms in total. The van der Waals surface area contributed by atoms with Crippen molar-refractivity contribution in [2.75, 3.05) is 7.11 Å². The van der Waals surface area contributed by atoms with Crippen molar-refractivity contribution in [3.63, 3.8) is 0 Å². The number of benzene rings is 4. The van der Waals surface area contributed by atoms with E-state index in [-0.39, 0.29) is 29.6 Å². The molecule has 1 aliphatic heterocycles. The lowest BCUT2D eigenvalue weighted by molar-refractivity contribution is -0.128. The molecule has 1 unspecified atom stereocenters. The van der Waals surface area contributed by atoms with Crippen LogP contribution in [0.1, 0.15) is 28.2 Å². The number of halogens is 2. The van der Waals surface area contributed by atoms with Crippen molar-refractivity contribution in [3.8, 4) is 29.1 Å². The standard InChI is InChI=1S/C33H24ClFN2O5/c1-39-30-16-21(10-14-28(30)40-19-22-7-3-5-9-27(22)35)32-24-13-12-23(17-29(24)42-33(37)25(32)18-36)41-31(38)15-11-20-6-2-4-8-26(20)34/h2-17,32H,19,37H2,1H3/b15-11+. The van der Waals surface area contributed by atoms with Crippen LogP contribution in [0.3, 0.4) is 0 Å². The van der Waals surface area contributed by atoms with E-state index in [4.69, 9.17) is 36.3 Å². The van der Waals surface area contributed by atoms with Crippen LogP contribution in [0.15, 0.2) is 102 Å². The van der Waals surface area contributed by atoms with Gasteiger partial charge in [-0.1, -0.05) is 60.1 Å². The second-order valence-electron chi connectivity index (χ2n) is 9.19. The van der Waals surface area contributed by atoms with Crippen molar-refractivity contribution in [1.82, 2.24) is 0 Å². The van der Waals surface area contributed by atoms with E-state index >= 15 is 0 Å². The summed E-state index contributed by atoms with van der Waals surface area (Å²) in [7, 11) is 1.49. The molecule has 0 aromatic heterocycles. The molecular weight excluding hydrogens is 559 g/mol. The number of hydrogen-bond acceptors (Lipinski definition) is 7. The summed E-state index contributed by atoms with van der Waals surface area (Å²) >= 11 is 6.14. The van der Waals surface area contributed by atoms with Crippen molar-refractivity contribution in [2.45, 2.75) is 12.5 Å². The largest absolute Gasteiger partial charge is 0.493 e. The number of hydrogen-bond donors (Lipinski definition) is 1. The predicted molar refractivity (Wildman–Crippen MR) is 156 cm³/mol. The first kappa shape index (κ1) is 28.3. The van der Waals surface area contributed by atoms with Gasteiger partial charge in [-0.25, -0.2) is 9.18 Å². The van der Waals surface area contributed by atoms with Crippen LogP contribution < -0.4 is 24.7 Å². The fraction of sp³-hybridized carbons (Fsp3) is 0.0909. The minimum absolute atomic E-state index is 0.00779. The first-order valence-electron chi connectivity index (χ1n) is 12.8. The third-order valence-electron chi connectivity index (χ3n) is 6.58. The van der Waals surface area contributed by atoms with Crippen molar-refractivity contribution >= 4 is 23.6 Å². The molecule has 2 N–H and O–H groups in total. The van der Waals surface area contributed by atoms with E-state index in [1.807, 2.05) is 6.07 Å². The second-order valence-corrected chi connectivity index (χ2v) is 9.60. The molecule has 210 valence electrons. The van der Waals surface area contributed by atoms with Crippen LogP contribution in [0, 0.1) is 17.1 Å². The summed E-state index contributed by atoms with van der Waals surface area (Å²) in [5.74, 6) is -0.302. The summed E-state index contributed by atoms with van der Waals surface area (Å²) in [5, 5.41) is 10.4. The summed E-state index contributed by atoms with van der Waals surface area (Å²) in [5.41, 5.74) is 8.75. The van der Waals surface area contributed by atoms with Crippen LogP contribution in [-0.4, -0.2) is 13.1 Å². The van der Waals surface area contributed by atoms with Gasteiger partial charge in [0.15, 0.2) is 11.5 Å². The third kappa shape index (κ3) is 6.07. The molecule has 1 atom stereocenters. The van der Waals surface area contributed by atoms with Gasteiger partial charge in [0.05, 0.1) is 13.0 Å². The Bertz CT molecular complexity index is 1760. The van der Waals surface area contributed by atoms with E-state index in [0.717, 1.165) is 0 Å². The van der Waals surface area contributed by atoms with Gasteiger partial charge >= 0.3 is 5.97 Å². The van der Waals surface area contributed by atoms with Gasteiger partial charge in [0, 0.05) is 28.3 Å². The lowest BCUT2D eigenvalue weighted by Crippen LogP contribution is -2.21. The van der Waals surface area contributed by atoms with Crippen LogP contribution in [0.2, 0.25) is 5.02 Å². The molecule has 0 bridgehead atoms. The van der Waals surface area contributed by atoms with Gasteiger partial charge in [-0.15, -0.1) is 0 Å². The van der Waals surface area contributed by atoms with E-state index in [0.29, 0.717) is 44.5 Å². The molecule has 9 heteroatoms. The van der Waals surface area contributed by atoms with Crippen LogP contribution in [0.25, 0.3) is 6.08 Å². The van der Waals surface area contributed by atoms with Gasteiger partial charge in [-0.3, -0.25) is 0 Å². The molecule has 0 saturated heterocycles. The summed E-state index contributed by atoms with van der Waals surface area (Å²) in [6, 6.07) is 25.6. The predicted octanol–water partition coefficient (Wildman–Crippen LogP) is 6.90. The summed E-state index contributed by atoms with van der Waals surface area (Å²) in [4.78, 5) is 12.5. The number of carbonyl (C=O) groups excluding carboxylic acids is 1. The van der Waals surface area contributed by atoms with Crippen molar-refractivity contribution < 1.29 is 28.1 Å². The molecule has 0 radical (unpaired) electrons. The Morgan fingerprint density at radius 3 is 2.62 bits per heavy atom.